The molecule has 33 heavy (non-hydrogen) atoms. The molecule has 9 nitrogen and oxygen atoms in total. The molecule has 4 aromatic rings. The van der Waals surface area contributed by atoms with Gasteiger partial charge in [0.2, 0.25) is 6.79 Å². The number of nitrogens with zero attached hydrogens (tertiary/aromatic N) is 3. The highest BCUT2D eigenvalue weighted by atomic mass is 16.7. The van der Waals surface area contributed by atoms with Gasteiger partial charge in [0.25, 0.3) is 5.91 Å². The summed E-state index contributed by atoms with van der Waals surface area (Å²) < 4.78 is 18.4. The molecule has 4 heterocycles. The number of hydrogen-bond acceptors (Lipinski definition) is 7. The highest BCUT2D eigenvalue weighted by Gasteiger charge is 2.26. The molecule has 168 valence electrons. The number of para-hydroxylation sites is 2. The van der Waals surface area contributed by atoms with Gasteiger partial charge in [-0.3, -0.25) is 4.79 Å². The van der Waals surface area contributed by atoms with Gasteiger partial charge in [-0.2, -0.15) is 0 Å². The van der Waals surface area contributed by atoms with E-state index < -0.39 is 0 Å². The van der Waals surface area contributed by atoms with E-state index in [2.05, 4.69) is 5.32 Å². The van der Waals surface area contributed by atoms with E-state index in [1.165, 1.54) is 0 Å². The highest BCUT2D eigenvalue weighted by molar-refractivity contribution is 6.10. The van der Waals surface area contributed by atoms with E-state index in [0.717, 1.165) is 30.5 Å². The molecule has 0 spiro atoms. The van der Waals surface area contributed by atoms with Crippen molar-refractivity contribution in [1.29, 1.82) is 0 Å². The zero-order chi connectivity index (χ0) is 22.4. The number of aromatic nitrogens is 3. The molecule has 1 amide bonds. The Morgan fingerprint density at radius 1 is 1.12 bits per heavy atom. The Balaban J connectivity index is 1.43. The predicted molar refractivity (Wildman–Crippen MR) is 122 cm³/mol. The predicted octanol–water partition coefficient (Wildman–Crippen LogP) is 2.85. The fourth-order valence-electron chi connectivity index (χ4n) is 4.42. The first-order chi connectivity index (χ1) is 16.2. The molecule has 1 fully saturated rings. The normalized spacial score (nSPS) is 17.2. The number of carbonyl (C=O) groups is 1. The lowest BCUT2D eigenvalue weighted by atomic mass is 10.2. The first-order valence-corrected chi connectivity index (χ1v) is 11.0. The van der Waals surface area contributed by atoms with Gasteiger partial charge in [-0.15, -0.1) is 0 Å². The van der Waals surface area contributed by atoms with E-state index in [-0.39, 0.29) is 18.8 Å². The molecule has 3 N–H and O–H groups in total. The van der Waals surface area contributed by atoms with Crippen LogP contribution in [0.2, 0.25) is 0 Å². The first kappa shape index (κ1) is 19.8. The zero-order valence-corrected chi connectivity index (χ0v) is 17.9. The molecule has 6 rings (SSSR count). The van der Waals surface area contributed by atoms with Crippen LogP contribution >= 0.6 is 0 Å². The van der Waals surface area contributed by atoms with E-state index in [4.69, 9.17) is 29.9 Å². The van der Waals surface area contributed by atoms with Crippen LogP contribution in [0.25, 0.3) is 22.2 Å². The Morgan fingerprint density at radius 3 is 2.76 bits per heavy atom. The summed E-state index contributed by atoms with van der Waals surface area (Å²) in [5.41, 5.74) is 10.3. The molecule has 2 aliphatic rings. The summed E-state index contributed by atoms with van der Waals surface area (Å²) in [4.78, 5) is 22.8. The largest absolute Gasteiger partial charge is 0.454 e. The molecule has 0 saturated carbocycles. The molecular weight excluding hydrogens is 422 g/mol. The molecule has 9 heteroatoms. The number of amides is 1. The van der Waals surface area contributed by atoms with Crippen molar-refractivity contribution < 1.29 is 19.0 Å². The third kappa shape index (κ3) is 3.50. The molecule has 1 saturated heterocycles. The quantitative estimate of drug-likeness (QED) is 0.486. The molecule has 2 aliphatic heterocycles. The van der Waals surface area contributed by atoms with Crippen molar-refractivity contribution in [3.63, 3.8) is 0 Å². The van der Waals surface area contributed by atoms with Gasteiger partial charge in [-0.1, -0.05) is 18.2 Å². The third-order valence-corrected chi connectivity index (χ3v) is 6.11. The summed E-state index contributed by atoms with van der Waals surface area (Å²) >= 11 is 0. The minimum atomic E-state index is -0.276. The number of nitrogen functional groups attached to an aromatic ring is 1. The monoisotopic (exact) mass is 445 g/mol. The Labute approximate surface area is 189 Å². The highest BCUT2D eigenvalue weighted by Crippen LogP contribution is 2.34. The van der Waals surface area contributed by atoms with Crippen LogP contribution in [-0.2, 0) is 11.3 Å². The van der Waals surface area contributed by atoms with Crippen molar-refractivity contribution in [2.24, 2.45) is 0 Å². The Hall–Kier alpha value is -3.85. The van der Waals surface area contributed by atoms with Gasteiger partial charge in [0.05, 0.1) is 23.7 Å². The molecule has 2 aromatic heterocycles. The summed E-state index contributed by atoms with van der Waals surface area (Å²) in [5, 5.41) is 2.97. The number of carbonyl (C=O) groups excluding carboxylic acids is 1. The average Bonchev–Trinajstić information content (AvgIpc) is 3.57. The number of nitrogens with two attached hydrogens (primary N) is 1. The number of benzene rings is 2. The molecule has 1 atom stereocenters. The van der Waals surface area contributed by atoms with Crippen LogP contribution in [0.15, 0.2) is 42.5 Å². The lowest BCUT2D eigenvalue weighted by molar-refractivity contribution is 0.0859. The second-order valence-electron chi connectivity index (χ2n) is 8.26. The number of hydrogen-bond donors (Lipinski definition) is 2. The number of rotatable bonds is 5. The molecule has 0 bridgehead atoms. The summed E-state index contributed by atoms with van der Waals surface area (Å²) in [7, 11) is 0. The Morgan fingerprint density at radius 2 is 1.94 bits per heavy atom. The van der Waals surface area contributed by atoms with Gasteiger partial charge in [-0.25, -0.2) is 9.97 Å². The van der Waals surface area contributed by atoms with Crippen LogP contribution in [0.4, 0.5) is 5.82 Å². The average molecular weight is 445 g/mol. The molecule has 0 unspecified atom stereocenters. The molecule has 2 aromatic carbocycles. The fourth-order valence-corrected chi connectivity index (χ4v) is 4.42. The topological polar surface area (TPSA) is 114 Å². The van der Waals surface area contributed by atoms with Crippen molar-refractivity contribution in [2.45, 2.75) is 25.5 Å². The van der Waals surface area contributed by atoms with Crippen LogP contribution < -0.4 is 20.5 Å². The van der Waals surface area contributed by atoms with Crippen molar-refractivity contribution in [1.82, 2.24) is 19.9 Å². The Kier molecular flexibility index (Phi) is 4.76. The number of anilines is 1. The second-order valence-corrected chi connectivity index (χ2v) is 8.26. The van der Waals surface area contributed by atoms with Crippen molar-refractivity contribution in [2.75, 3.05) is 25.7 Å². The summed E-state index contributed by atoms with van der Waals surface area (Å²) in [6, 6.07) is 13.3. The van der Waals surface area contributed by atoms with E-state index in [1.54, 1.807) is 0 Å². The molecular formula is C24H23N5O4. The van der Waals surface area contributed by atoms with Gasteiger partial charge in [0.15, 0.2) is 17.1 Å². The summed E-state index contributed by atoms with van der Waals surface area (Å²) in [6.07, 6.45) is 1.98. The standard InChI is InChI=1S/C24H23N5O4/c25-22-20(24(30)26-11-15-4-3-9-31-15)21-23(28-17-6-2-1-5-16(17)27-21)29(22)12-14-7-8-18-19(10-14)33-13-32-18/h1-2,5-8,10,15H,3-4,9,11-13,25H2,(H,26,30)/t15-/m0/s1. The maximum Gasteiger partial charge on any atom is 0.257 e. The number of fused-ring (bicyclic) bond motifs is 3. The first-order valence-electron chi connectivity index (χ1n) is 11.0. The lowest BCUT2D eigenvalue weighted by Crippen LogP contribution is -2.32. The van der Waals surface area contributed by atoms with E-state index >= 15 is 0 Å². The minimum absolute atomic E-state index is 0.0315. The summed E-state index contributed by atoms with van der Waals surface area (Å²) in [6.45, 7) is 1.79. The van der Waals surface area contributed by atoms with Gasteiger partial charge in [0.1, 0.15) is 16.9 Å². The molecule has 0 aliphatic carbocycles. The maximum absolute atomic E-state index is 13.2. The van der Waals surface area contributed by atoms with Crippen LogP contribution in [0.3, 0.4) is 0 Å². The van der Waals surface area contributed by atoms with Crippen molar-refractivity contribution >= 4 is 33.9 Å². The Bertz CT molecular complexity index is 1380. The fraction of sp³-hybridized carbons (Fsp3) is 0.292. The number of nitrogens with one attached hydrogen (secondary N) is 1. The van der Waals surface area contributed by atoms with Crippen LogP contribution in [0, 0.1) is 0 Å². The van der Waals surface area contributed by atoms with E-state index in [9.17, 15) is 4.79 Å². The third-order valence-electron chi connectivity index (χ3n) is 6.11. The van der Waals surface area contributed by atoms with Gasteiger partial charge in [0, 0.05) is 13.2 Å². The second kappa shape index (κ2) is 7.93. The SMILES string of the molecule is Nc1c(C(=O)NC[C@@H]2CCCO2)c2nc3ccccc3nc2n1Cc1ccc2c(c1)OCO2. The van der Waals surface area contributed by atoms with Crippen LogP contribution in [-0.4, -0.2) is 46.5 Å². The van der Waals surface area contributed by atoms with Gasteiger partial charge >= 0.3 is 0 Å². The van der Waals surface area contributed by atoms with E-state index in [0.29, 0.717) is 52.7 Å². The maximum atomic E-state index is 13.2. The van der Waals surface area contributed by atoms with Crippen LogP contribution in [0.1, 0.15) is 28.8 Å². The van der Waals surface area contributed by atoms with Gasteiger partial charge < -0.3 is 29.8 Å². The van der Waals surface area contributed by atoms with Crippen molar-refractivity contribution in [3.05, 3.63) is 53.6 Å². The lowest BCUT2D eigenvalue weighted by Gasteiger charge is -2.11. The van der Waals surface area contributed by atoms with Gasteiger partial charge in [-0.05, 0) is 42.7 Å². The van der Waals surface area contributed by atoms with E-state index in [1.807, 2.05) is 47.0 Å². The number of ether oxygens (including phenoxy) is 3. The van der Waals surface area contributed by atoms with Crippen LogP contribution in [0.5, 0.6) is 11.5 Å². The zero-order valence-electron chi connectivity index (χ0n) is 17.9. The summed E-state index contributed by atoms with van der Waals surface area (Å²) in [5.74, 6) is 1.45. The molecule has 0 radical (unpaired) electrons. The minimum Gasteiger partial charge on any atom is -0.454 e. The smallest absolute Gasteiger partial charge is 0.257 e. The van der Waals surface area contributed by atoms with Crippen molar-refractivity contribution in [3.8, 4) is 11.5 Å².